The van der Waals surface area contributed by atoms with Gasteiger partial charge in [0.2, 0.25) is 5.88 Å². The van der Waals surface area contributed by atoms with Crippen LogP contribution in [-0.2, 0) is 6.54 Å². The van der Waals surface area contributed by atoms with Gasteiger partial charge in [-0.1, -0.05) is 30.7 Å². The lowest BCUT2D eigenvalue weighted by atomic mass is 10.2. The van der Waals surface area contributed by atoms with Gasteiger partial charge in [0, 0.05) is 12.6 Å². The van der Waals surface area contributed by atoms with Crippen molar-refractivity contribution in [2.75, 3.05) is 6.54 Å². The highest BCUT2D eigenvalue weighted by molar-refractivity contribution is 6.31. The number of nitrogens with one attached hydrogen (secondary N) is 1. The summed E-state index contributed by atoms with van der Waals surface area (Å²) in [6.45, 7) is 5.22. The number of pyridine rings is 1. The van der Waals surface area contributed by atoms with Crippen molar-refractivity contribution in [3.05, 3.63) is 52.4 Å². The monoisotopic (exact) mass is 308 g/mol. The van der Waals surface area contributed by atoms with Crippen LogP contribution in [0.3, 0.4) is 0 Å². The van der Waals surface area contributed by atoms with E-state index in [-0.39, 0.29) is 11.6 Å². The summed E-state index contributed by atoms with van der Waals surface area (Å²) in [6.07, 6.45) is 1.03. The van der Waals surface area contributed by atoms with Crippen LogP contribution in [0.5, 0.6) is 11.6 Å². The van der Waals surface area contributed by atoms with Crippen LogP contribution in [-0.4, -0.2) is 11.5 Å². The largest absolute Gasteiger partial charge is 0.436 e. The lowest BCUT2D eigenvalue weighted by molar-refractivity contribution is 0.423. The van der Waals surface area contributed by atoms with Crippen LogP contribution in [0.4, 0.5) is 4.39 Å². The molecule has 0 aliphatic rings. The average Bonchev–Trinajstić information content (AvgIpc) is 2.47. The van der Waals surface area contributed by atoms with E-state index >= 15 is 0 Å². The zero-order valence-electron chi connectivity index (χ0n) is 12.1. The minimum Gasteiger partial charge on any atom is -0.436 e. The first-order chi connectivity index (χ1) is 10.1. The predicted octanol–water partition coefficient (Wildman–Crippen LogP) is 4.47. The smallest absolute Gasteiger partial charge is 0.219 e. The van der Waals surface area contributed by atoms with Crippen molar-refractivity contribution in [1.29, 1.82) is 0 Å². The first kappa shape index (κ1) is 15.7. The molecule has 0 aliphatic carbocycles. The number of aromatic nitrogens is 1. The molecule has 112 valence electrons. The highest BCUT2D eigenvalue weighted by Crippen LogP contribution is 2.26. The van der Waals surface area contributed by atoms with Crippen molar-refractivity contribution in [1.82, 2.24) is 10.3 Å². The molecule has 5 heteroatoms. The number of ether oxygens (including phenoxy) is 1. The van der Waals surface area contributed by atoms with Crippen LogP contribution in [0.15, 0.2) is 30.3 Å². The SMILES string of the molecule is CCCNCc1nc(Oc2cccc(C)c2F)ccc1Cl. The second-order valence-electron chi connectivity index (χ2n) is 4.74. The Morgan fingerprint density at radius 2 is 2.10 bits per heavy atom. The van der Waals surface area contributed by atoms with E-state index in [1.165, 1.54) is 0 Å². The number of rotatable bonds is 6. The molecule has 0 unspecified atom stereocenters. The molecule has 0 saturated heterocycles. The van der Waals surface area contributed by atoms with Crippen LogP contribution >= 0.6 is 11.6 Å². The standard InChI is InChI=1S/C16H18ClFN2O/c1-3-9-19-10-13-12(17)7-8-15(20-13)21-14-6-4-5-11(2)16(14)18/h4-8,19H,3,9-10H2,1-2H3. The number of aryl methyl sites for hydroxylation is 1. The van der Waals surface area contributed by atoms with Gasteiger partial charge >= 0.3 is 0 Å². The summed E-state index contributed by atoms with van der Waals surface area (Å²) < 4.78 is 19.4. The molecule has 21 heavy (non-hydrogen) atoms. The van der Waals surface area contributed by atoms with Gasteiger partial charge in [0.25, 0.3) is 0 Å². The number of halogens is 2. The van der Waals surface area contributed by atoms with Gasteiger partial charge in [-0.15, -0.1) is 0 Å². The first-order valence-corrected chi connectivity index (χ1v) is 7.28. The maximum Gasteiger partial charge on any atom is 0.219 e. The summed E-state index contributed by atoms with van der Waals surface area (Å²) in [7, 11) is 0. The second kappa shape index (κ2) is 7.38. The summed E-state index contributed by atoms with van der Waals surface area (Å²) in [5, 5.41) is 3.79. The van der Waals surface area contributed by atoms with Gasteiger partial charge < -0.3 is 10.1 Å². The lowest BCUT2D eigenvalue weighted by Crippen LogP contribution is -2.15. The molecule has 0 fully saturated rings. The molecular formula is C16H18ClFN2O. The van der Waals surface area contributed by atoms with E-state index in [1.807, 2.05) is 0 Å². The Hall–Kier alpha value is -1.65. The summed E-state index contributed by atoms with van der Waals surface area (Å²) in [5.41, 5.74) is 1.22. The Morgan fingerprint density at radius 3 is 2.86 bits per heavy atom. The van der Waals surface area contributed by atoms with Crippen molar-refractivity contribution >= 4 is 11.6 Å². The van der Waals surface area contributed by atoms with Gasteiger partial charge in [0.1, 0.15) is 0 Å². The molecule has 1 aromatic carbocycles. The van der Waals surface area contributed by atoms with Crippen LogP contribution < -0.4 is 10.1 Å². The van der Waals surface area contributed by atoms with Crippen LogP contribution in [0, 0.1) is 12.7 Å². The normalized spacial score (nSPS) is 10.7. The predicted molar refractivity (Wildman–Crippen MR) is 82.5 cm³/mol. The van der Waals surface area contributed by atoms with Crippen molar-refractivity contribution < 1.29 is 9.13 Å². The van der Waals surface area contributed by atoms with Crippen LogP contribution in [0.1, 0.15) is 24.6 Å². The molecule has 3 nitrogen and oxygen atoms in total. The molecule has 1 N–H and O–H groups in total. The van der Waals surface area contributed by atoms with Crippen molar-refractivity contribution in [3.63, 3.8) is 0 Å². The topological polar surface area (TPSA) is 34.2 Å². The van der Waals surface area contributed by atoms with E-state index in [4.69, 9.17) is 16.3 Å². The maximum absolute atomic E-state index is 13.9. The second-order valence-corrected chi connectivity index (χ2v) is 5.15. The Bertz CT molecular complexity index is 619. The van der Waals surface area contributed by atoms with Crippen LogP contribution in [0.2, 0.25) is 5.02 Å². The quantitative estimate of drug-likeness (QED) is 0.799. The minimum atomic E-state index is -0.375. The number of hydrogen-bond donors (Lipinski definition) is 1. The fraction of sp³-hybridized carbons (Fsp3) is 0.312. The summed E-state index contributed by atoms with van der Waals surface area (Å²) in [6, 6.07) is 8.35. The van der Waals surface area contributed by atoms with Crippen molar-refractivity contribution in [2.24, 2.45) is 0 Å². The molecule has 0 amide bonds. The molecule has 0 bridgehead atoms. The van der Waals surface area contributed by atoms with E-state index in [2.05, 4.69) is 17.2 Å². The van der Waals surface area contributed by atoms with Gasteiger partial charge in [-0.3, -0.25) is 0 Å². The Labute approximate surface area is 129 Å². The summed E-state index contributed by atoms with van der Waals surface area (Å²) in [5.74, 6) is 0.120. The number of nitrogens with zero attached hydrogens (tertiary/aromatic N) is 1. The Morgan fingerprint density at radius 1 is 1.29 bits per heavy atom. The summed E-state index contributed by atoms with van der Waals surface area (Å²) in [4.78, 5) is 4.33. The maximum atomic E-state index is 13.9. The van der Waals surface area contributed by atoms with E-state index < -0.39 is 0 Å². The molecule has 1 aromatic heterocycles. The van der Waals surface area contributed by atoms with Gasteiger partial charge in [-0.2, -0.15) is 0 Å². The third-order valence-corrected chi connectivity index (χ3v) is 3.33. The Kier molecular flexibility index (Phi) is 5.53. The van der Waals surface area contributed by atoms with Crippen molar-refractivity contribution in [2.45, 2.75) is 26.8 Å². The highest BCUT2D eigenvalue weighted by Gasteiger charge is 2.10. The van der Waals surface area contributed by atoms with Crippen LogP contribution in [0.25, 0.3) is 0 Å². The van der Waals surface area contributed by atoms with Gasteiger partial charge in [0.15, 0.2) is 11.6 Å². The molecular weight excluding hydrogens is 291 g/mol. The van der Waals surface area contributed by atoms with Gasteiger partial charge in [-0.05, 0) is 37.6 Å². The molecule has 0 spiro atoms. The van der Waals surface area contributed by atoms with Gasteiger partial charge in [0.05, 0.1) is 10.7 Å². The molecule has 2 aromatic rings. The Balaban J connectivity index is 2.17. The van der Waals surface area contributed by atoms with E-state index in [0.29, 0.717) is 28.7 Å². The zero-order valence-corrected chi connectivity index (χ0v) is 12.9. The summed E-state index contributed by atoms with van der Waals surface area (Å²) >= 11 is 6.10. The highest BCUT2D eigenvalue weighted by atomic mass is 35.5. The zero-order chi connectivity index (χ0) is 15.2. The molecule has 0 radical (unpaired) electrons. The lowest BCUT2D eigenvalue weighted by Gasteiger charge is -2.10. The molecule has 0 saturated carbocycles. The third-order valence-electron chi connectivity index (χ3n) is 2.98. The molecule has 0 atom stereocenters. The first-order valence-electron chi connectivity index (χ1n) is 6.91. The molecule has 2 rings (SSSR count). The minimum absolute atomic E-state index is 0.164. The van der Waals surface area contributed by atoms with E-state index in [0.717, 1.165) is 13.0 Å². The van der Waals surface area contributed by atoms with Gasteiger partial charge in [-0.25, -0.2) is 9.37 Å². The van der Waals surface area contributed by atoms with E-state index in [1.54, 1.807) is 37.3 Å². The van der Waals surface area contributed by atoms with E-state index in [9.17, 15) is 4.39 Å². The number of benzene rings is 1. The molecule has 0 aliphatic heterocycles. The molecule has 1 heterocycles. The third kappa shape index (κ3) is 4.16. The number of hydrogen-bond acceptors (Lipinski definition) is 3. The average molecular weight is 309 g/mol. The fourth-order valence-corrected chi connectivity index (χ4v) is 2.01. The van der Waals surface area contributed by atoms with Crippen molar-refractivity contribution in [3.8, 4) is 11.6 Å². The fourth-order valence-electron chi connectivity index (χ4n) is 1.84.